The number of amides is 2. The van der Waals surface area contributed by atoms with Gasteiger partial charge in [0.15, 0.2) is 0 Å². The molecule has 0 radical (unpaired) electrons. The molecule has 1 aliphatic heterocycles. The van der Waals surface area contributed by atoms with Gasteiger partial charge in [0.05, 0.1) is 13.0 Å². The van der Waals surface area contributed by atoms with Gasteiger partial charge in [0.25, 0.3) is 0 Å². The third kappa shape index (κ3) is 4.62. The molecule has 1 saturated heterocycles. The molecule has 1 aromatic carbocycles. The molecule has 0 spiro atoms. The summed E-state index contributed by atoms with van der Waals surface area (Å²) < 4.78 is 5.29. The normalized spacial score (nSPS) is 20.7. The van der Waals surface area contributed by atoms with Crippen molar-refractivity contribution in [3.05, 3.63) is 35.9 Å². The zero-order chi connectivity index (χ0) is 18.4. The standard InChI is InChI=1S/C20H26N2O4/c23-18(26-13-10-15-6-2-1-3-7-15)14-17-19(24)21-11-12-22(17)20(25)16-8-4-5-9-16/h1-3,6-7,16-17H,4-5,8-14H2,(H,21,24). The highest BCUT2D eigenvalue weighted by Gasteiger charge is 2.38. The first-order chi connectivity index (χ1) is 12.6. The lowest BCUT2D eigenvalue weighted by molar-refractivity contribution is -0.153. The van der Waals surface area contributed by atoms with Gasteiger partial charge in [-0.3, -0.25) is 14.4 Å². The van der Waals surface area contributed by atoms with Crippen LogP contribution in [-0.2, 0) is 25.5 Å². The lowest BCUT2D eigenvalue weighted by Gasteiger charge is -2.36. The quantitative estimate of drug-likeness (QED) is 0.785. The van der Waals surface area contributed by atoms with E-state index in [4.69, 9.17) is 4.74 Å². The predicted octanol–water partition coefficient (Wildman–Crippen LogP) is 1.68. The van der Waals surface area contributed by atoms with E-state index in [9.17, 15) is 14.4 Å². The topological polar surface area (TPSA) is 75.7 Å². The van der Waals surface area contributed by atoms with Gasteiger partial charge in [-0.25, -0.2) is 0 Å². The Kier molecular flexibility index (Phi) is 6.26. The van der Waals surface area contributed by atoms with Gasteiger partial charge in [0.2, 0.25) is 11.8 Å². The van der Waals surface area contributed by atoms with Crippen LogP contribution in [0.3, 0.4) is 0 Å². The van der Waals surface area contributed by atoms with Crippen LogP contribution in [0.25, 0.3) is 0 Å². The van der Waals surface area contributed by atoms with Crippen LogP contribution in [0.2, 0.25) is 0 Å². The molecule has 2 fully saturated rings. The molecule has 1 heterocycles. The molecular formula is C20H26N2O4. The summed E-state index contributed by atoms with van der Waals surface area (Å²) in [5.74, 6) is -0.688. The van der Waals surface area contributed by atoms with Gasteiger partial charge in [-0.05, 0) is 18.4 Å². The van der Waals surface area contributed by atoms with Crippen molar-refractivity contribution in [3.63, 3.8) is 0 Å². The molecule has 26 heavy (non-hydrogen) atoms. The van der Waals surface area contributed by atoms with Crippen LogP contribution in [-0.4, -0.2) is 48.4 Å². The summed E-state index contributed by atoms with van der Waals surface area (Å²) in [6, 6.07) is 9.02. The third-order valence-corrected chi connectivity index (χ3v) is 5.17. The first-order valence-corrected chi connectivity index (χ1v) is 9.43. The largest absolute Gasteiger partial charge is 0.465 e. The van der Waals surface area contributed by atoms with Crippen molar-refractivity contribution in [2.45, 2.75) is 44.6 Å². The molecule has 1 N–H and O–H groups in total. The second kappa shape index (κ2) is 8.83. The van der Waals surface area contributed by atoms with Crippen LogP contribution in [0.4, 0.5) is 0 Å². The molecule has 1 aromatic rings. The van der Waals surface area contributed by atoms with Crippen molar-refractivity contribution >= 4 is 17.8 Å². The summed E-state index contributed by atoms with van der Waals surface area (Å²) >= 11 is 0. The summed E-state index contributed by atoms with van der Waals surface area (Å²) in [5.41, 5.74) is 1.09. The number of hydrogen-bond donors (Lipinski definition) is 1. The molecular weight excluding hydrogens is 332 g/mol. The summed E-state index contributed by atoms with van der Waals surface area (Å²) in [7, 11) is 0. The Labute approximate surface area is 153 Å². The van der Waals surface area contributed by atoms with Gasteiger partial charge in [0.1, 0.15) is 6.04 Å². The molecule has 0 aromatic heterocycles. The minimum Gasteiger partial charge on any atom is -0.465 e. The summed E-state index contributed by atoms with van der Waals surface area (Å²) in [5, 5.41) is 2.75. The number of piperazine rings is 1. The number of benzene rings is 1. The molecule has 1 aliphatic carbocycles. The van der Waals surface area contributed by atoms with E-state index in [-0.39, 0.29) is 30.8 Å². The maximum Gasteiger partial charge on any atom is 0.308 e. The predicted molar refractivity (Wildman–Crippen MR) is 96.2 cm³/mol. The first-order valence-electron chi connectivity index (χ1n) is 9.43. The highest BCUT2D eigenvalue weighted by molar-refractivity contribution is 5.92. The Morgan fingerprint density at radius 3 is 2.62 bits per heavy atom. The van der Waals surface area contributed by atoms with E-state index in [1.54, 1.807) is 4.90 Å². The SMILES string of the molecule is O=C(CC1C(=O)NCCN1C(=O)C1CCCC1)OCCc1ccccc1. The van der Waals surface area contributed by atoms with E-state index in [0.717, 1.165) is 31.2 Å². The van der Waals surface area contributed by atoms with Crippen molar-refractivity contribution in [1.82, 2.24) is 10.2 Å². The number of nitrogens with zero attached hydrogens (tertiary/aromatic N) is 1. The van der Waals surface area contributed by atoms with Gasteiger partial charge in [0, 0.05) is 25.4 Å². The van der Waals surface area contributed by atoms with E-state index < -0.39 is 12.0 Å². The third-order valence-electron chi connectivity index (χ3n) is 5.17. The number of carbonyl (C=O) groups excluding carboxylic acids is 3. The van der Waals surface area contributed by atoms with Gasteiger partial charge < -0.3 is 15.0 Å². The van der Waals surface area contributed by atoms with Gasteiger partial charge in [-0.15, -0.1) is 0 Å². The molecule has 3 rings (SSSR count). The van der Waals surface area contributed by atoms with Crippen LogP contribution in [0.1, 0.15) is 37.7 Å². The number of nitrogens with one attached hydrogen (secondary N) is 1. The second-order valence-electron chi connectivity index (χ2n) is 6.98. The van der Waals surface area contributed by atoms with Crippen LogP contribution in [0.5, 0.6) is 0 Å². The lowest BCUT2D eigenvalue weighted by Crippen LogP contribution is -2.58. The van der Waals surface area contributed by atoms with Crippen molar-refractivity contribution in [1.29, 1.82) is 0 Å². The van der Waals surface area contributed by atoms with Crippen LogP contribution < -0.4 is 5.32 Å². The van der Waals surface area contributed by atoms with E-state index in [0.29, 0.717) is 19.5 Å². The van der Waals surface area contributed by atoms with Crippen molar-refractivity contribution in [2.75, 3.05) is 19.7 Å². The Balaban J connectivity index is 1.53. The van der Waals surface area contributed by atoms with Crippen molar-refractivity contribution in [2.24, 2.45) is 5.92 Å². The zero-order valence-electron chi connectivity index (χ0n) is 15.0. The number of carbonyl (C=O) groups is 3. The van der Waals surface area contributed by atoms with E-state index in [2.05, 4.69) is 5.32 Å². The van der Waals surface area contributed by atoms with Gasteiger partial charge in [-0.1, -0.05) is 43.2 Å². The van der Waals surface area contributed by atoms with Crippen molar-refractivity contribution < 1.29 is 19.1 Å². The van der Waals surface area contributed by atoms with Crippen LogP contribution in [0, 0.1) is 5.92 Å². The molecule has 2 amide bonds. The number of ether oxygens (including phenoxy) is 1. The van der Waals surface area contributed by atoms with Crippen LogP contribution in [0.15, 0.2) is 30.3 Å². The lowest BCUT2D eigenvalue weighted by atomic mass is 10.0. The maximum atomic E-state index is 12.7. The molecule has 6 nitrogen and oxygen atoms in total. The maximum absolute atomic E-state index is 12.7. The second-order valence-corrected chi connectivity index (χ2v) is 6.98. The minimum absolute atomic E-state index is 0.00231. The fourth-order valence-electron chi connectivity index (χ4n) is 3.73. The summed E-state index contributed by atoms with van der Waals surface area (Å²) in [4.78, 5) is 38.8. The molecule has 140 valence electrons. The monoisotopic (exact) mass is 358 g/mol. The molecule has 1 atom stereocenters. The zero-order valence-corrected chi connectivity index (χ0v) is 15.0. The van der Waals surface area contributed by atoms with E-state index >= 15 is 0 Å². The summed E-state index contributed by atoms with van der Waals surface area (Å²) in [6.07, 6.45) is 4.43. The molecule has 0 bridgehead atoms. The van der Waals surface area contributed by atoms with Crippen molar-refractivity contribution in [3.8, 4) is 0 Å². The fourth-order valence-corrected chi connectivity index (χ4v) is 3.73. The first kappa shape index (κ1) is 18.4. The average molecular weight is 358 g/mol. The number of rotatable bonds is 6. The Hall–Kier alpha value is -2.37. The smallest absolute Gasteiger partial charge is 0.308 e. The number of esters is 1. The van der Waals surface area contributed by atoms with Gasteiger partial charge >= 0.3 is 5.97 Å². The molecule has 2 aliphatic rings. The minimum atomic E-state index is -0.749. The Morgan fingerprint density at radius 2 is 1.88 bits per heavy atom. The Morgan fingerprint density at radius 1 is 1.15 bits per heavy atom. The molecule has 1 unspecified atom stereocenters. The highest BCUT2D eigenvalue weighted by atomic mass is 16.5. The fraction of sp³-hybridized carbons (Fsp3) is 0.550. The molecule has 6 heteroatoms. The summed E-state index contributed by atoms with van der Waals surface area (Å²) in [6.45, 7) is 1.17. The van der Waals surface area contributed by atoms with E-state index in [1.165, 1.54) is 0 Å². The highest BCUT2D eigenvalue weighted by Crippen LogP contribution is 2.28. The van der Waals surface area contributed by atoms with E-state index in [1.807, 2.05) is 30.3 Å². The van der Waals surface area contributed by atoms with Crippen LogP contribution >= 0.6 is 0 Å². The Bertz CT molecular complexity index is 640. The molecule has 1 saturated carbocycles. The van der Waals surface area contributed by atoms with Gasteiger partial charge in [-0.2, -0.15) is 0 Å². The number of hydrogen-bond acceptors (Lipinski definition) is 4. The average Bonchev–Trinajstić information content (AvgIpc) is 3.18.